The minimum absolute atomic E-state index is 0.390. The molecule has 4 heteroatoms. The van der Waals surface area contributed by atoms with Crippen molar-refractivity contribution in [2.75, 3.05) is 6.54 Å². The van der Waals surface area contributed by atoms with Crippen LogP contribution in [0.15, 0.2) is 0 Å². The highest BCUT2D eigenvalue weighted by molar-refractivity contribution is 6.02. The summed E-state index contributed by atoms with van der Waals surface area (Å²) in [5.74, 6) is -1.43. The van der Waals surface area contributed by atoms with E-state index in [1.807, 2.05) is 0 Å². The van der Waals surface area contributed by atoms with Crippen molar-refractivity contribution in [3.63, 3.8) is 0 Å². The summed E-state index contributed by atoms with van der Waals surface area (Å²) < 4.78 is 0. The average Bonchev–Trinajstić information content (AvgIpc) is 2.01. The zero-order chi connectivity index (χ0) is 10.6. The highest BCUT2D eigenvalue weighted by Gasteiger charge is 2.24. The first-order valence-electron chi connectivity index (χ1n) is 4.83. The van der Waals surface area contributed by atoms with Gasteiger partial charge >= 0.3 is 0 Å². The van der Waals surface area contributed by atoms with Crippen molar-refractivity contribution in [1.29, 1.82) is 5.26 Å². The van der Waals surface area contributed by atoms with Gasteiger partial charge in [-0.3, -0.25) is 9.59 Å². The van der Waals surface area contributed by atoms with E-state index in [4.69, 9.17) is 5.26 Å². The molecule has 1 amide bonds. The Bertz CT molecular complexity index is 276. The molecule has 0 aromatic heterocycles. The summed E-state index contributed by atoms with van der Waals surface area (Å²) in [6, 6.07) is 1.70. The van der Waals surface area contributed by atoms with Gasteiger partial charge in [-0.2, -0.15) is 5.26 Å². The van der Waals surface area contributed by atoms with Gasteiger partial charge in [-0.25, -0.2) is 0 Å². The van der Waals surface area contributed by atoms with Gasteiger partial charge < -0.3 is 5.32 Å². The molecule has 0 bridgehead atoms. The second-order valence-electron chi connectivity index (χ2n) is 3.71. The second-order valence-corrected chi connectivity index (χ2v) is 3.71. The van der Waals surface area contributed by atoms with E-state index < -0.39 is 17.6 Å². The fourth-order valence-corrected chi connectivity index (χ4v) is 1.38. The number of carbonyl (C=O) groups excluding carboxylic acids is 2. The molecule has 0 saturated heterocycles. The van der Waals surface area contributed by atoms with Crippen molar-refractivity contribution in [1.82, 2.24) is 5.32 Å². The molecule has 1 fully saturated rings. The minimum Gasteiger partial charge on any atom is -0.354 e. The quantitative estimate of drug-likeness (QED) is 0.667. The van der Waals surface area contributed by atoms with E-state index in [2.05, 4.69) is 5.32 Å². The van der Waals surface area contributed by atoms with Crippen LogP contribution in [0.25, 0.3) is 0 Å². The summed E-state index contributed by atoms with van der Waals surface area (Å²) in [6.07, 6.45) is 3.49. The summed E-state index contributed by atoms with van der Waals surface area (Å²) in [4.78, 5) is 22.2. The van der Waals surface area contributed by atoms with Gasteiger partial charge in [0, 0.05) is 6.54 Å². The normalized spacial score (nSPS) is 17.7. The van der Waals surface area contributed by atoms with Gasteiger partial charge in [-0.15, -0.1) is 0 Å². The third kappa shape index (κ3) is 2.56. The first kappa shape index (κ1) is 10.7. The third-order valence-electron chi connectivity index (χ3n) is 2.59. The number of hydrogen-bond acceptors (Lipinski definition) is 3. The van der Waals surface area contributed by atoms with E-state index in [9.17, 15) is 9.59 Å². The Morgan fingerprint density at radius 3 is 2.57 bits per heavy atom. The molecule has 0 aliphatic heterocycles. The van der Waals surface area contributed by atoms with Crippen molar-refractivity contribution in [2.24, 2.45) is 11.8 Å². The fourth-order valence-electron chi connectivity index (χ4n) is 1.38. The first-order chi connectivity index (χ1) is 6.65. The average molecular weight is 194 g/mol. The number of amides is 1. The maximum Gasteiger partial charge on any atom is 0.244 e. The van der Waals surface area contributed by atoms with Crippen molar-refractivity contribution < 1.29 is 9.59 Å². The van der Waals surface area contributed by atoms with E-state index in [0.717, 1.165) is 12.8 Å². The van der Waals surface area contributed by atoms with E-state index in [0.29, 0.717) is 12.5 Å². The number of rotatable bonds is 4. The fraction of sp³-hybridized carbons (Fsp3) is 0.700. The van der Waals surface area contributed by atoms with Gasteiger partial charge in [0.1, 0.15) is 0 Å². The summed E-state index contributed by atoms with van der Waals surface area (Å²) >= 11 is 0. The molecule has 0 radical (unpaired) electrons. The smallest absolute Gasteiger partial charge is 0.244 e. The van der Waals surface area contributed by atoms with Gasteiger partial charge in [-0.05, 0) is 25.7 Å². The number of Topliss-reactive ketones (excluding diaryl/α,β-unsaturated/α-hetero) is 1. The second kappa shape index (κ2) is 4.75. The molecule has 1 atom stereocenters. The van der Waals surface area contributed by atoms with Gasteiger partial charge in [0.15, 0.2) is 11.7 Å². The SMILES string of the molecule is CC(=O)C(C#N)C(=O)NCC1CCC1. The summed E-state index contributed by atoms with van der Waals surface area (Å²) in [7, 11) is 0. The summed E-state index contributed by atoms with van der Waals surface area (Å²) in [5, 5.41) is 11.2. The molecule has 0 aromatic carbocycles. The third-order valence-corrected chi connectivity index (χ3v) is 2.59. The Balaban J connectivity index is 2.32. The molecule has 1 rings (SSSR count). The van der Waals surface area contributed by atoms with E-state index in [1.165, 1.54) is 13.3 Å². The van der Waals surface area contributed by atoms with Crippen LogP contribution in [0, 0.1) is 23.2 Å². The molecule has 0 aromatic rings. The van der Waals surface area contributed by atoms with Gasteiger partial charge in [0.2, 0.25) is 5.91 Å². The molecule has 1 N–H and O–H groups in total. The van der Waals surface area contributed by atoms with Crippen molar-refractivity contribution in [3.8, 4) is 6.07 Å². The molecule has 0 heterocycles. The maximum atomic E-state index is 11.3. The lowest BCUT2D eigenvalue weighted by atomic mass is 9.85. The number of carbonyl (C=O) groups is 2. The van der Waals surface area contributed by atoms with Crippen LogP contribution < -0.4 is 5.32 Å². The molecule has 1 saturated carbocycles. The Morgan fingerprint density at radius 2 is 2.21 bits per heavy atom. The molecular formula is C10H14N2O2. The Hall–Kier alpha value is -1.37. The summed E-state index contributed by atoms with van der Waals surface area (Å²) in [5.41, 5.74) is 0. The van der Waals surface area contributed by atoms with Gasteiger partial charge in [-0.1, -0.05) is 6.42 Å². The predicted octanol–water partition coefficient (Wildman–Crippen LogP) is 0.631. The predicted molar refractivity (Wildman–Crippen MR) is 50.1 cm³/mol. The maximum absolute atomic E-state index is 11.3. The van der Waals surface area contributed by atoms with E-state index in [-0.39, 0.29) is 0 Å². The van der Waals surface area contributed by atoms with Crippen LogP contribution in [0.3, 0.4) is 0 Å². The van der Waals surface area contributed by atoms with Crippen LogP contribution in [0.2, 0.25) is 0 Å². The number of ketones is 1. The first-order valence-corrected chi connectivity index (χ1v) is 4.83. The number of nitrogens with one attached hydrogen (secondary N) is 1. The number of nitriles is 1. The summed E-state index contributed by atoms with van der Waals surface area (Å²) in [6.45, 7) is 1.86. The van der Waals surface area contributed by atoms with Gasteiger partial charge in [0.25, 0.3) is 0 Å². The minimum atomic E-state index is -1.13. The Morgan fingerprint density at radius 1 is 1.57 bits per heavy atom. The molecule has 1 aliphatic carbocycles. The lowest BCUT2D eigenvalue weighted by Crippen LogP contribution is -2.38. The highest BCUT2D eigenvalue weighted by atomic mass is 16.2. The largest absolute Gasteiger partial charge is 0.354 e. The number of hydrogen-bond donors (Lipinski definition) is 1. The van der Waals surface area contributed by atoms with Crippen LogP contribution in [0.1, 0.15) is 26.2 Å². The molecule has 1 aliphatic rings. The highest BCUT2D eigenvalue weighted by Crippen LogP contribution is 2.25. The lowest BCUT2D eigenvalue weighted by molar-refractivity contribution is -0.130. The molecule has 0 spiro atoms. The number of nitrogens with zero attached hydrogens (tertiary/aromatic N) is 1. The Kier molecular flexibility index (Phi) is 3.63. The van der Waals surface area contributed by atoms with Gasteiger partial charge in [0.05, 0.1) is 6.07 Å². The van der Waals surface area contributed by atoms with Crippen LogP contribution in [0.5, 0.6) is 0 Å². The standard InChI is InChI=1S/C10H14N2O2/c1-7(13)9(5-11)10(14)12-6-8-3-2-4-8/h8-9H,2-4,6H2,1H3,(H,12,14). The topological polar surface area (TPSA) is 70.0 Å². The van der Waals surface area contributed by atoms with Crippen LogP contribution in [0.4, 0.5) is 0 Å². The lowest BCUT2D eigenvalue weighted by Gasteiger charge is -2.25. The van der Waals surface area contributed by atoms with Crippen molar-refractivity contribution >= 4 is 11.7 Å². The zero-order valence-corrected chi connectivity index (χ0v) is 8.25. The molecule has 1 unspecified atom stereocenters. The molecule has 76 valence electrons. The molecule has 14 heavy (non-hydrogen) atoms. The van der Waals surface area contributed by atoms with Crippen molar-refractivity contribution in [2.45, 2.75) is 26.2 Å². The van der Waals surface area contributed by atoms with Crippen LogP contribution in [-0.2, 0) is 9.59 Å². The molecule has 4 nitrogen and oxygen atoms in total. The zero-order valence-electron chi connectivity index (χ0n) is 8.25. The van der Waals surface area contributed by atoms with E-state index in [1.54, 1.807) is 6.07 Å². The Labute approximate surface area is 83.3 Å². The monoisotopic (exact) mass is 194 g/mol. The van der Waals surface area contributed by atoms with Crippen molar-refractivity contribution in [3.05, 3.63) is 0 Å². The van der Waals surface area contributed by atoms with Crippen LogP contribution in [-0.4, -0.2) is 18.2 Å². The molecular weight excluding hydrogens is 180 g/mol. The van der Waals surface area contributed by atoms with Crippen LogP contribution >= 0.6 is 0 Å². The van der Waals surface area contributed by atoms with E-state index >= 15 is 0 Å².